The fourth-order valence-corrected chi connectivity index (χ4v) is 3.55. The van der Waals surface area contributed by atoms with Crippen LogP contribution in [0.5, 0.6) is 17.2 Å². The van der Waals surface area contributed by atoms with Crippen molar-refractivity contribution in [1.82, 2.24) is 14.5 Å². The highest BCUT2D eigenvalue weighted by Crippen LogP contribution is 2.41. The molecule has 0 saturated heterocycles. The molecule has 2 N–H and O–H groups in total. The third-order valence-electron chi connectivity index (χ3n) is 4.91. The Bertz CT molecular complexity index is 1050. The quantitative estimate of drug-likeness (QED) is 0.750. The van der Waals surface area contributed by atoms with Gasteiger partial charge in [-0.3, -0.25) is 19.2 Å². The van der Waals surface area contributed by atoms with E-state index in [1.54, 1.807) is 26.0 Å². The number of hydrogen-bond donors (Lipinski definition) is 2. The lowest BCUT2D eigenvalue weighted by Crippen LogP contribution is -2.50. The zero-order chi connectivity index (χ0) is 21.3. The molecule has 0 radical (unpaired) electrons. The number of benzene rings is 1. The minimum Gasteiger partial charge on any atom is -0.493 e. The predicted octanol–water partition coefficient (Wildman–Crippen LogP) is 1.30. The van der Waals surface area contributed by atoms with Gasteiger partial charge in [0.25, 0.3) is 5.56 Å². The molecule has 10 heteroatoms. The van der Waals surface area contributed by atoms with Crippen LogP contribution in [0.4, 0.5) is 10.6 Å². The first-order chi connectivity index (χ1) is 13.9. The van der Waals surface area contributed by atoms with Crippen molar-refractivity contribution >= 4 is 11.8 Å². The van der Waals surface area contributed by atoms with Crippen molar-refractivity contribution in [3.05, 3.63) is 44.1 Å². The fourth-order valence-electron chi connectivity index (χ4n) is 3.55. The fraction of sp³-hybridized carbons (Fsp3) is 0.421. The van der Waals surface area contributed by atoms with Crippen LogP contribution in [0.25, 0.3) is 0 Å². The number of rotatable bonds is 6. The van der Waals surface area contributed by atoms with Crippen molar-refractivity contribution in [2.45, 2.75) is 33.0 Å². The summed E-state index contributed by atoms with van der Waals surface area (Å²) in [4.78, 5) is 38.1. The lowest BCUT2D eigenvalue weighted by atomic mass is 9.97. The van der Waals surface area contributed by atoms with E-state index in [0.29, 0.717) is 29.4 Å². The van der Waals surface area contributed by atoms with Gasteiger partial charge >= 0.3 is 11.7 Å². The second-order valence-corrected chi connectivity index (χ2v) is 6.33. The van der Waals surface area contributed by atoms with Gasteiger partial charge in [-0.15, -0.1) is 0 Å². The Morgan fingerprint density at radius 1 is 0.931 bits per heavy atom. The second-order valence-electron chi connectivity index (χ2n) is 6.33. The zero-order valence-electron chi connectivity index (χ0n) is 17.0. The Hall–Kier alpha value is -3.43. The van der Waals surface area contributed by atoms with E-state index in [9.17, 15) is 14.4 Å². The summed E-state index contributed by atoms with van der Waals surface area (Å²) in [6, 6.07) is 2.00. The van der Waals surface area contributed by atoms with Crippen molar-refractivity contribution in [2.24, 2.45) is 0 Å². The summed E-state index contributed by atoms with van der Waals surface area (Å²) in [6.07, 6.45) is 0. The number of anilines is 1. The van der Waals surface area contributed by atoms with Gasteiger partial charge in [-0.2, -0.15) is 0 Å². The minimum absolute atomic E-state index is 0.190. The van der Waals surface area contributed by atoms with Crippen molar-refractivity contribution in [3.63, 3.8) is 0 Å². The van der Waals surface area contributed by atoms with E-state index in [1.807, 2.05) is 0 Å². The lowest BCUT2D eigenvalue weighted by molar-refractivity contribution is 0.248. The molecule has 0 spiro atoms. The average molecular weight is 404 g/mol. The monoisotopic (exact) mass is 404 g/mol. The van der Waals surface area contributed by atoms with Crippen LogP contribution < -0.4 is 36.1 Å². The molecule has 29 heavy (non-hydrogen) atoms. The number of nitrogens with zero attached hydrogens (tertiary/aromatic N) is 2. The number of carbonyl (C=O) groups is 1. The van der Waals surface area contributed by atoms with Gasteiger partial charge in [-0.05, 0) is 31.5 Å². The van der Waals surface area contributed by atoms with E-state index in [2.05, 4.69) is 10.6 Å². The lowest BCUT2D eigenvalue weighted by Gasteiger charge is -2.30. The summed E-state index contributed by atoms with van der Waals surface area (Å²) in [6.45, 7) is 4.00. The first-order valence-electron chi connectivity index (χ1n) is 9.16. The third-order valence-corrected chi connectivity index (χ3v) is 4.91. The van der Waals surface area contributed by atoms with Crippen LogP contribution in [0.15, 0.2) is 21.7 Å². The molecule has 2 amide bonds. The molecule has 1 atom stereocenters. The Kier molecular flexibility index (Phi) is 5.53. The molecule has 1 aliphatic heterocycles. The highest BCUT2D eigenvalue weighted by Gasteiger charge is 2.33. The molecular formula is C19H24N4O6. The van der Waals surface area contributed by atoms with Gasteiger partial charge in [0, 0.05) is 13.1 Å². The molecule has 3 rings (SSSR count). The summed E-state index contributed by atoms with van der Waals surface area (Å²) in [7, 11) is 4.45. The number of ether oxygens (including phenoxy) is 3. The van der Waals surface area contributed by atoms with E-state index < -0.39 is 23.3 Å². The standard InChI is InChI=1S/C19H24N4O6/c1-6-22-16-13(17(24)23(7-2)19(22)26)14(20-18(25)21-16)10-8-11(27-3)15(29-5)12(9-10)28-4/h8-9,14H,6-7H2,1-5H3,(H2,20,21,25). The topological polar surface area (TPSA) is 113 Å². The maximum absolute atomic E-state index is 13.1. The summed E-state index contributed by atoms with van der Waals surface area (Å²) < 4.78 is 18.7. The summed E-state index contributed by atoms with van der Waals surface area (Å²) in [5.41, 5.74) is -0.119. The largest absolute Gasteiger partial charge is 0.493 e. The van der Waals surface area contributed by atoms with Gasteiger partial charge in [0.05, 0.1) is 32.9 Å². The van der Waals surface area contributed by atoms with Crippen molar-refractivity contribution < 1.29 is 19.0 Å². The van der Waals surface area contributed by atoms with E-state index in [4.69, 9.17) is 14.2 Å². The summed E-state index contributed by atoms with van der Waals surface area (Å²) in [5, 5.41) is 5.37. The molecule has 1 aromatic heterocycles. The Labute approximate surface area is 167 Å². The van der Waals surface area contributed by atoms with Crippen LogP contribution in [0.3, 0.4) is 0 Å². The van der Waals surface area contributed by atoms with Crippen LogP contribution in [0.1, 0.15) is 31.0 Å². The number of aromatic nitrogens is 2. The van der Waals surface area contributed by atoms with Crippen LogP contribution in [0.2, 0.25) is 0 Å². The second kappa shape index (κ2) is 7.90. The number of carbonyl (C=O) groups excluding carboxylic acids is 1. The number of fused-ring (bicyclic) bond motifs is 1. The van der Waals surface area contributed by atoms with Crippen LogP contribution in [-0.4, -0.2) is 36.5 Å². The molecule has 0 saturated carbocycles. The highest BCUT2D eigenvalue weighted by molar-refractivity contribution is 5.92. The SMILES string of the molecule is CCn1c2c(c(=O)n(CC)c1=O)C(c1cc(OC)c(OC)c(OC)c1)NC(=O)N2. The van der Waals surface area contributed by atoms with Crippen molar-refractivity contribution in [2.75, 3.05) is 26.6 Å². The third kappa shape index (κ3) is 3.20. The maximum Gasteiger partial charge on any atom is 0.332 e. The first kappa shape index (κ1) is 20.3. The smallest absolute Gasteiger partial charge is 0.332 e. The minimum atomic E-state index is -0.809. The van der Waals surface area contributed by atoms with Gasteiger partial charge < -0.3 is 19.5 Å². The number of hydrogen-bond acceptors (Lipinski definition) is 6. The predicted molar refractivity (Wildman–Crippen MR) is 106 cm³/mol. The molecule has 0 aliphatic carbocycles. The van der Waals surface area contributed by atoms with Gasteiger partial charge in [0.2, 0.25) is 5.75 Å². The molecule has 1 aliphatic rings. The average Bonchev–Trinajstić information content (AvgIpc) is 2.72. The molecular weight excluding hydrogens is 380 g/mol. The molecule has 1 aromatic carbocycles. The summed E-state index contributed by atoms with van der Waals surface area (Å²) in [5.74, 6) is 1.35. The van der Waals surface area contributed by atoms with E-state index in [-0.39, 0.29) is 17.9 Å². The number of methoxy groups -OCH3 is 3. The Morgan fingerprint density at radius 2 is 1.52 bits per heavy atom. The van der Waals surface area contributed by atoms with Gasteiger partial charge in [0.1, 0.15) is 5.82 Å². The maximum atomic E-state index is 13.1. The van der Waals surface area contributed by atoms with Gasteiger partial charge in [-0.25, -0.2) is 9.59 Å². The van der Waals surface area contributed by atoms with E-state index in [0.717, 1.165) is 4.57 Å². The Morgan fingerprint density at radius 3 is 2.00 bits per heavy atom. The Balaban J connectivity index is 2.34. The molecule has 10 nitrogen and oxygen atoms in total. The van der Waals surface area contributed by atoms with E-state index in [1.165, 1.54) is 25.9 Å². The molecule has 2 aromatic rings. The number of amides is 2. The van der Waals surface area contributed by atoms with Gasteiger partial charge in [-0.1, -0.05) is 0 Å². The normalized spacial score (nSPS) is 15.2. The molecule has 2 heterocycles. The van der Waals surface area contributed by atoms with Crippen LogP contribution in [-0.2, 0) is 13.1 Å². The van der Waals surface area contributed by atoms with Crippen molar-refractivity contribution in [1.29, 1.82) is 0 Å². The van der Waals surface area contributed by atoms with Crippen LogP contribution in [0, 0.1) is 0 Å². The number of urea groups is 1. The van der Waals surface area contributed by atoms with Gasteiger partial charge in [0.15, 0.2) is 11.5 Å². The highest BCUT2D eigenvalue weighted by atomic mass is 16.5. The molecule has 156 valence electrons. The van der Waals surface area contributed by atoms with E-state index >= 15 is 0 Å². The first-order valence-corrected chi connectivity index (χ1v) is 9.16. The summed E-state index contributed by atoms with van der Waals surface area (Å²) >= 11 is 0. The zero-order valence-corrected chi connectivity index (χ0v) is 17.0. The molecule has 0 bridgehead atoms. The molecule has 0 fully saturated rings. The van der Waals surface area contributed by atoms with Crippen molar-refractivity contribution in [3.8, 4) is 17.2 Å². The molecule has 1 unspecified atom stereocenters. The number of nitrogens with one attached hydrogen (secondary N) is 2. The van der Waals surface area contributed by atoms with Crippen LogP contribution >= 0.6 is 0 Å².